The molecule has 6 aromatic heterocycles. The third kappa shape index (κ3) is 10.2. The monoisotopic (exact) mass is 1250 g/mol. The van der Waals surface area contributed by atoms with Crippen LogP contribution in [0.5, 0.6) is 0 Å². The Morgan fingerprint density at radius 2 is 0.516 bits per heavy atom. The molecule has 0 aliphatic carbocycles. The molecule has 10 aromatic carbocycles. The summed E-state index contributed by atoms with van der Waals surface area (Å²) in [5, 5.41) is 2.43. The summed E-state index contributed by atoms with van der Waals surface area (Å²) >= 11 is 0. The maximum atomic E-state index is 16.7. The summed E-state index contributed by atoms with van der Waals surface area (Å²) in [4.78, 5) is 19.3. The van der Waals surface area contributed by atoms with Crippen molar-refractivity contribution in [1.82, 2.24) is 29.1 Å². The van der Waals surface area contributed by atoms with Gasteiger partial charge in [0.25, 0.3) is 0 Å². The number of rotatable bonds is 11. The van der Waals surface area contributed by atoms with Crippen molar-refractivity contribution in [2.24, 2.45) is 0 Å². The first-order valence-corrected chi connectivity index (χ1v) is 30.3. The quantitative estimate of drug-likeness (QED) is 0.0735. The van der Waals surface area contributed by atoms with Crippen molar-refractivity contribution in [3.8, 4) is 112 Å². The molecule has 0 aliphatic heterocycles. The number of alkyl halides is 3. The number of aromatic nitrogens is 6. The number of halogens is 8. The first-order chi connectivity index (χ1) is 46.3. The van der Waals surface area contributed by atoms with Crippen LogP contribution in [0.1, 0.15) is 5.56 Å². The summed E-state index contributed by atoms with van der Waals surface area (Å²) in [7, 11) is 0. The fraction of sp³-hybridized carbons (Fsp3) is 0.0123. The average Bonchev–Trinajstić information content (AvgIpc) is 1.60. The minimum absolute atomic E-state index is 0.126. The predicted molar refractivity (Wildman–Crippen MR) is 360 cm³/mol. The molecule has 0 spiro atoms. The molecule has 0 radical (unpaired) electrons. The predicted octanol–water partition coefficient (Wildman–Crippen LogP) is 22.2. The molecule has 0 unspecified atom stereocenters. The molecule has 6 nitrogen and oxygen atoms in total. The minimum Gasteiger partial charge on any atom is -0.307 e. The molecule has 0 amide bonds. The lowest BCUT2D eigenvalue weighted by molar-refractivity contribution is -0.137. The third-order valence-corrected chi connectivity index (χ3v) is 17.6. The lowest BCUT2D eigenvalue weighted by atomic mass is 9.95. The van der Waals surface area contributed by atoms with Crippen LogP contribution in [0.2, 0.25) is 0 Å². The molecule has 0 saturated heterocycles. The van der Waals surface area contributed by atoms with Crippen molar-refractivity contribution in [1.29, 1.82) is 0 Å². The summed E-state index contributed by atoms with van der Waals surface area (Å²) in [6, 6.07) is 77.8. The fourth-order valence-electron chi connectivity index (χ4n) is 12.9. The lowest BCUT2D eigenvalue weighted by Gasteiger charge is -2.23. The first-order valence-electron chi connectivity index (χ1n) is 30.3. The van der Waals surface area contributed by atoms with Crippen molar-refractivity contribution >= 4 is 43.6 Å². The Kier molecular flexibility index (Phi) is 14.2. The van der Waals surface area contributed by atoms with Crippen LogP contribution in [0.15, 0.2) is 280 Å². The topological polar surface area (TPSA) is 61.4 Å². The van der Waals surface area contributed by atoms with Crippen LogP contribution in [0.4, 0.5) is 35.1 Å². The summed E-state index contributed by atoms with van der Waals surface area (Å²) < 4.78 is 133. The average molecular weight is 1260 g/mol. The van der Waals surface area contributed by atoms with E-state index in [4.69, 9.17) is 19.9 Å². The van der Waals surface area contributed by atoms with Gasteiger partial charge in [-0.25, -0.2) is 22.0 Å². The van der Waals surface area contributed by atoms with Gasteiger partial charge in [-0.3, -0.25) is 19.9 Å². The SMILES string of the molecule is Fc1c(F)c(F)c(-c2cc(-n3c4cc(-c5ccc(-c6ccccc6)nc5)ccc4c4ccc(-c5ccc(-c6ccccc6)nc5)cc43)c(-n3c4cc(-c5ccc(-c6ccccc6)nc5)ccc4c4ccc(-c5ccc(-c6ccccc6)nc5)cc43)cc2C(F)(F)F)c(F)c1F. The summed E-state index contributed by atoms with van der Waals surface area (Å²) in [5.74, 6) is -12.2. The van der Waals surface area contributed by atoms with Crippen LogP contribution in [0, 0.1) is 29.1 Å². The van der Waals surface area contributed by atoms with Gasteiger partial charge in [0, 0.05) is 96.4 Å². The van der Waals surface area contributed by atoms with E-state index in [1.807, 2.05) is 243 Å². The van der Waals surface area contributed by atoms with E-state index >= 15 is 35.1 Å². The van der Waals surface area contributed by atoms with Crippen LogP contribution in [0.25, 0.3) is 156 Å². The van der Waals surface area contributed by atoms with Gasteiger partial charge < -0.3 is 9.13 Å². The lowest BCUT2D eigenvalue weighted by Crippen LogP contribution is -2.14. The molecule has 16 aromatic rings. The van der Waals surface area contributed by atoms with E-state index in [0.717, 1.165) is 34.4 Å². The molecule has 0 bridgehead atoms. The Balaban J connectivity index is 1.02. The highest BCUT2D eigenvalue weighted by Crippen LogP contribution is 2.48. The van der Waals surface area contributed by atoms with Crippen molar-refractivity contribution < 1.29 is 35.1 Å². The van der Waals surface area contributed by atoms with Gasteiger partial charge in [-0.2, -0.15) is 13.2 Å². The molecule has 95 heavy (non-hydrogen) atoms. The number of hydrogen-bond acceptors (Lipinski definition) is 4. The molecule has 0 fully saturated rings. The second-order valence-electron chi connectivity index (χ2n) is 23.1. The molecule has 456 valence electrons. The van der Waals surface area contributed by atoms with Crippen LogP contribution in [-0.2, 0) is 6.18 Å². The van der Waals surface area contributed by atoms with E-state index in [9.17, 15) is 0 Å². The van der Waals surface area contributed by atoms with E-state index in [-0.39, 0.29) is 11.4 Å². The van der Waals surface area contributed by atoms with Gasteiger partial charge in [0.15, 0.2) is 23.3 Å². The van der Waals surface area contributed by atoms with Crippen molar-refractivity contribution in [3.05, 3.63) is 314 Å². The summed E-state index contributed by atoms with van der Waals surface area (Å²) in [6.07, 6.45) is 1.38. The maximum Gasteiger partial charge on any atom is 0.417 e. The van der Waals surface area contributed by atoms with E-state index in [2.05, 4.69) is 0 Å². The highest BCUT2D eigenvalue weighted by molar-refractivity contribution is 6.14. The van der Waals surface area contributed by atoms with E-state index < -0.39 is 52.0 Å². The number of fused-ring (bicyclic) bond motifs is 6. The van der Waals surface area contributed by atoms with Gasteiger partial charge in [-0.15, -0.1) is 0 Å². The van der Waals surface area contributed by atoms with Crippen LogP contribution >= 0.6 is 0 Å². The first kappa shape index (κ1) is 58.0. The summed E-state index contributed by atoms with van der Waals surface area (Å²) in [6.45, 7) is 0. The van der Waals surface area contributed by atoms with E-state index in [0.29, 0.717) is 111 Å². The van der Waals surface area contributed by atoms with Gasteiger partial charge in [0.05, 0.1) is 67.3 Å². The number of pyridine rings is 4. The molecular weight excluding hydrogens is 1210 g/mol. The van der Waals surface area contributed by atoms with E-state index in [1.165, 1.54) is 0 Å². The van der Waals surface area contributed by atoms with Crippen LogP contribution in [0.3, 0.4) is 0 Å². The molecule has 0 atom stereocenters. The van der Waals surface area contributed by atoms with Crippen molar-refractivity contribution in [2.75, 3.05) is 0 Å². The van der Waals surface area contributed by atoms with Gasteiger partial charge in [-0.1, -0.05) is 194 Å². The largest absolute Gasteiger partial charge is 0.417 e. The normalized spacial score (nSPS) is 11.8. The molecule has 0 aliphatic rings. The Labute approximate surface area is 537 Å². The van der Waals surface area contributed by atoms with Crippen molar-refractivity contribution in [2.45, 2.75) is 6.18 Å². The molecule has 0 saturated carbocycles. The molecular formula is C81H46F8N6. The van der Waals surface area contributed by atoms with Gasteiger partial charge in [0.1, 0.15) is 0 Å². The number of nitrogens with zero attached hydrogens (tertiary/aromatic N) is 6. The van der Waals surface area contributed by atoms with Crippen LogP contribution in [-0.4, -0.2) is 29.1 Å². The Morgan fingerprint density at radius 1 is 0.253 bits per heavy atom. The second-order valence-corrected chi connectivity index (χ2v) is 23.1. The Hall–Kier alpha value is -12.2. The van der Waals surface area contributed by atoms with Gasteiger partial charge >= 0.3 is 6.18 Å². The molecule has 0 N–H and O–H groups in total. The molecule has 6 heterocycles. The standard InChI is InChI=1S/C81H46F8N6/c82-76-75(77(83)79(85)80(86)78(76)84)63-41-73(94-69-37-51(55-25-33-65(90-43-55)47-13-5-1-6-14-47)21-29-59(69)60-30-22-52(38-70(60)94)56-26-34-66(91-44-56)48-15-7-2-8-16-48)74(42-64(63)81(87,88)89)95-71-39-53(57-27-35-67(92-45-57)49-17-9-3-10-18-49)23-31-61(71)62-32-24-54(40-72(62)95)58-28-36-68(93-46-58)50-19-11-4-12-20-50/h1-46H. The molecule has 14 heteroatoms. The Morgan fingerprint density at radius 3 is 0.779 bits per heavy atom. The number of hydrogen-bond donors (Lipinski definition) is 0. The Bertz CT molecular complexity index is 5340. The highest BCUT2D eigenvalue weighted by atomic mass is 19.4. The zero-order valence-corrected chi connectivity index (χ0v) is 49.8. The van der Waals surface area contributed by atoms with Gasteiger partial charge in [-0.05, 0) is 82.9 Å². The van der Waals surface area contributed by atoms with Gasteiger partial charge in [0.2, 0.25) is 5.82 Å². The van der Waals surface area contributed by atoms with Crippen LogP contribution < -0.4 is 0 Å². The second kappa shape index (κ2) is 23.2. The maximum absolute atomic E-state index is 16.7. The smallest absolute Gasteiger partial charge is 0.307 e. The van der Waals surface area contributed by atoms with Crippen molar-refractivity contribution in [3.63, 3.8) is 0 Å². The third-order valence-electron chi connectivity index (χ3n) is 17.6. The zero-order valence-electron chi connectivity index (χ0n) is 49.8. The fourth-order valence-corrected chi connectivity index (χ4v) is 12.9. The minimum atomic E-state index is -5.49. The summed E-state index contributed by atoms with van der Waals surface area (Å²) in [5.41, 5.74) is 8.14. The highest BCUT2D eigenvalue weighted by Gasteiger charge is 2.39. The molecule has 16 rings (SSSR count). The zero-order chi connectivity index (χ0) is 64.6. The number of benzene rings is 10. The van der Waals surface area contributed by atoms with E-state index in [1.54, 1.807) is 33.9 Å².